The molecule has 130 valence electrons. The third-order valence-electron chi connectivity index (χ3n) is 3.88. The molecule has 1 amide bonds. The largest absolute Gasteiger partial charge is 0.486 e. The second kappa shape index (κ2) is 7.25. The van der Waals surface area contributed by atoms with Gasteiger partial charge in [-0.3, -0.25) is 4.79 Å². The average Bonchev–Trinajstić information content (AvgIpc) is 2.67. The third-order valence-corrected chi connectivity index (χ3v) is 3.88. The number of amides is 1. The highest BCUT2D eigenvalue weighted by Gasteiger charge is 2.24. The van der Waals surface area contributed by atoms with Crippen LogP contribution in [-0.4, -0.2) is 38.2 Å². The van der Waals surface area contributed by atoms with Crippen molar-refractivity contribution in [1.82, 2.24) is 0 Å². The highest BCUT2D eigenvalue weighted by molar-refractivity contribution is 5.98. The number of hydrogen-bond acceptors (Lipinski definition) is 5. The first kappa shape index (κ1) is 16.8. The zero-order valence-electron chi connectivity index (χ0n) is 14.1. The fraction of sp³-hybridized carbons (Fsp3) is 0.263. The topological polar surface area (TPSA) is 65.1 Å². The molecule has 0 bridgehead atoms. The van der Waals surface area contributed by atoms with Crippen LogP contribution in [0, 0.1) is 0 Å². The normalized spacial score (nSPS) is 13.7. The molecule has 1 atom stereocenters. The molecule has 0 radical (unpaired) electrons. The SMILES string of the molecule is C[C@H](OC(=O)c1ccc2c(c1)OCCO2)C(=O)N(C)c1ccccc1. The van der Waals surface area contributed by atoms with Gasteiger partial charge in [-0.2, -0.15) is 0 Å². The zero-order chi connectivity index (χ0) is 17.8. The van der Waals surface area contributed by atoms with Crippen LogP contribution in [0.3, 0.4) is 0 Å². The van der Waals surface area contributed by atoms with Crippen LogP contribution in [0.5, 0.6) is 11.5 Å². The Hall–Kier alpha value is -3.02. The van der Waals surface area contributed by atoms with E-state index in [9.17, 15) is 9.59 Å². The molecule has 3 rings (SSSR count). The lowest BCUT2D eigenvalue weighted by molar-refractivity contribution is -0.126. The van der Waals surface area contributed by atoms with Crippen LogP contribution in [0.4, 0.5) is 5.69 Å². The molecule has 6 heteroatoms. The summed E-state index contributed by atoms with van der Waals surface area (Å²) in [4.78, 5) is 26.2. The number of carbonyl (C=O) groups is 2. The Kier molecular flexibility index (Phi) is 4.88. The van der Waals surface area contributed by atoms with E-state index in [1.165, 1.54) is 4.90 Å². The summed E-state index contributed by atoms with van der Waals surface area (Å²) in [7, 11) is 1.64. The predicted molar refractivity (Wildman–Crippen MR) is 92.2 cm³/mol. The fourth-order valence-electron chi connectivity index (χ4n) is 2.50. The Balaban J connectivity index is 1.67. The molecule has 1 aliphatic rings. The van der Waals surface area contributed by atoms with Gasteiger partial charge in [0, 0.05) is 12.7 Å². The quantitative estimate of drug-likeness (QED) is 0.800. The number of carbonyl (C=O) groups excluding carboxylic acids is 2. The van der Waals surface area contributed by atoms with Crippen molar-refractivity contribution in [3.8, 4) is 11.5 Å². The molecule has 0 saturated carbocycles. The first-order valence-corrected chi connectivity index (χ1v) is 7.99. The molecular formula is C19H19NO5. The van der Waals surface area contributed by atoms with Gasteiger partial charge in [-0.25, -0.2) is 4.79 Å². The summed E-state index contributed by atoms with van der Waals surface area (Å²) in [6.07, 6.45) is -0.911. The van der Waals surface area contributed by atoms with Crippen molar-refractivity contribution in [1.29, 1.82) is 0 Å². The van der Waals surface area contributed by atoms with Crippen LogP contribution >= 0.6 is 0 Å². The molecule has 6 nitrogen and oxygen atoms in total. The number of para-hydroxylation sites is 1. The van der Waals surface area contributed by atoms with E-state index in [0.717, 1.165) is 5.69 Å². The van der Waals surface area contributed by atoms with E-state index < -0.39 is 12.1 Å². The van der Waals surface area contributed by atoms with Gasteiger partial charge in [-0.1, -0.05) is 18.2 Å². The summed E-state index contributed by atoms with van der Waals surface area (Å²) in [6, 6.07) is 14.0. The van der Waals surface area contributed by atoms with Crippen molar-refractivity contribution >= 4 is 17.6 Å². The van der Waals surface area contributed by atoms with Crippen molar-refractivity contribution in [3.63, 3.8) is 0 Å². The maximum Gasteiger partial charge on any atom is 0.339 e. The molecule has 0 aromatic heterocycles. The highest BCUT2D eigenvalue weighted by atomic mass is 16.6. The van der Waals surface area contributed by atoms with Crippen molar-refractivity contribution < 1.29 is 23.8 Å². The Morgan fingerprint density at radius 1 is 1.04 bits per heavy atom. The van der Waals surface area contributed by atoms with Crippen molar-refractivity contribution in [2.75, 3.05) is 25.2 Å². The van der Waals surface area contributed by atoms with Crippen LogP contribution in [0.15, 0.2) is 48.5 Å². The Labute approximate surface area is 145 Å². The van der Waals surface area contributed by atoms with Gasteiger partial charge in [0.1, 0.15) is 13.2 Å². The van der Waals surface area contributed by atoms with Gasteiger partial charge in [0.05, 0.1) is 5.56 Å². The molecule has 0 N–H and O–H groups in total. The lowest BCUT2D eigenvalue weighted by atomic mass is 10.2. The summed E-state index contributed by atoms with van der Waals surface area (Å²) in [5, 5.41) is 0. The number of nitrogens with zero attached hydrogens (tertiary/aromatic N) is 1. The van der Waals surface area contributed by atoms with E-state index >= 15 is 0 Å². The first-order chi connectivity index (χ1) is 12.1. The molecule has 0 saturated heterocycles. The minimum absolute atomic E-state index is 0.308. The summed E-state index contributed by atoms with van der Waals surface area (Å²) in [5.74, 6) is 0.202. The van der Waals surface area contributed by atoms with Crippen LogP contribution in [0.2, 0.25) is 0 Å². The second-order valence-electron chi connectivity index (χ2n) is 5.64. The number of rotatable bonds is 4. The minimum atomic E-state index is -0.911. The molecule has 0 unspecified atom stereocenters. The van der Waals surface area contributed by atoms with E-state index in [4.69, 9.17) is 14.2 Å². The summed E-state index contributed by atoms with van der Waals surface area (Å²) < 4.78 is 16.2. The van der Waals surface area contributed by atoms with Crippen LogP contribution in [0.25, 0.3) is 0 Å². The maximum atomic E-state index is 12.4. The minimum Gasteiger partial charge on any atom is -0.486 e. The Morgan fingerprint density at radius 3 is 2.44 bits per heavy atom. The summed E-state index contributed by atoms with van der Waals surface area (Å²) >= 11 is 0. The third kappa shape index (κ3) is 3.74. The number of esters is 1. The van der Waals surface area contributed by atoms with Gasteiger partial charge in [-0.15, -0.1) is 0 Å². The lowest BCUT2D eigenvalue weighted by Gasteiger charge is -2.22. The van der Waals surface area contributed by atoms with E-state index in [1.54, 1.807) is 32.2 Å². The molecule has 0 fully saturated rings. The highest BCUT2D eigenvalue weighted by Crippen LogP contribution is 2.31. The van der Waals surface area contributed by atoms with Crippen molar-refractivity contribution in [2.45, 2.75) is 13.0 Å². The summed E-state index contributed by atoms with van der Waals surface area (Å²) in [6.45, 7) is 2.47. The monoisotopic (exact) mass is 341 g/mol. The fourth-order valence-corrected chi connectivity index (χ4v) is 2.50. The van der Waals surface area contributed by atoms with Crippen LogP contribution < -0.4 is 14.4 Å². The molecule has 1 aliphatic heterocycles. The Bertz CT molecular complexity index is 775. The average molecular weight is 341 g/mol. The number of anilines is 1. The van der Waals surface area contributed by atoms with Gasteiger partial charge in [0.15, 0.2) is 17.6 Å². The number of benzene rings is 2. The molecule has 0 spiro atoms. The number of fused-ring (bicyclic) bond motifs is 1. The van der Waals surface area contributed by atoms with E-state index in [1.807, 2.05) is 30.3 Å². The zero-order valence-corrected chi connectivity index (χ0v) is 14.1. The smallest absolute Gasteiger partial charge is 0.339 e. The predicted octanol–water partition coefficient (Wildman–Crippen LogP) is 2.67. The van der Waals surface area contributed by atoms with Crippen molar-refractivity contribution in [2.24, 2.45) is 0 Å². The molecule has 2 aromatic rings. The molecular weight excluding hydrogens is 322 g/mol. The van der Waals surface area contributed by atoms with Crippen molar-refractivity contribution in [3.05, 3.63) is 54.1 Å². The van der Waals surface area contributed by atoms with E-state index in [0.29, 0.717) is 30.3 Å². The van der Waals surface area contributed by atoms with Crippen LogP contribution in [-0.2, 0) is 9.53 Å². The van der Waals surface area contributed by atoms with E-state index in [-0.39, 0.29) is 5.91 Å². The van der Waals surface area contributed by atoms with Gasteiger partial charge in [0.2, 0.25) is 0 Å². The molecule has 2 aromatic carbocycles. The van der Waals surface area contributed by atoms with E-state index in [2.05, 4.69) is 0 Å². The number of hydrogen-bond donors (Lipinski definition) is 0. The van der Waals surface area contributed by atoms with Gasteiger partial charge in [0.25, 0.3) is 5.91 Å². The lowest BCUT2D eigenvalue weighted by Crippen LogP contribution is -2.37. The van der Waals surface area contributed by atoms with Gasteiger partial charge in [-0.05, 0) is 37.3 Å². The standard InChI is InChI=1S/C19H19NO5/c1-13(18(21)20(2)15-6-4-3-5-7-15)25-19(22)14-8-9-16-17(12-14)24-11-10-23-16/h3-9,12-13H,10-11H2,1-2H3/t13-/m0/s1. The molecule has 0 aliphatic carbocycles. The number of likely N-dealkylation sites (N-methyl/N-ethyl adjacent to an activating group) is 1. The molecule has 1 heterocycles. The first-order valence-electron chi connectivity index (χ1n) is 7.99. The summed E-state index contributed by atoms with van der Waals surface area (Å²) in [5.41, 5.74) is 1.04. The van der Waals surface area contributed by atoms with Crippen LogP contribution in [0.1, 0.15) is 17.3 Å². The maximum absolute atomic E-state index is 12.4. The second-order valence-corrected chi connectivity index (χ2v) is 5.64. The number of ether oxygens (including phenoxy) is 3. The van der Waals surface area contributed by atoms with Gasteiger partial charge >= 0.3 is 5.97 Å². The molecule has 25 heavy (non-hydrogen) atoms. The van der Waals surface area contributed by atoms with Gasteiger partial charge < -0.3 is 19.1 Å². The Morgan fingerprint density at radius 2 is 1.72 bits per heavy atom.